The van der Waals surface area contributed by atoms with E-state index in [4.69, 9.17) is 0 Å². The van der Waals surface area contributed by atoms with Gasteiger partial charge in [-0.1, -0.05) is 152 Å². The highest BCUT2D eigenvalue weighted by Gasteiger charge is 2.41. The minimum absolute atomic E-state index is 1.07. The van der Waals surface area contributed by atoms with Gasteiger partial charge in [-0.3, -0.25) is 0 Å². The summed E-state index contributed by atoms with van der Waals surface area (Å²) in [5, 5.41) is 11.7. The molecule has 0 aliphatic rings. The van der Waals surface area contributed by atoms with Crippen LogP contribution in [-0.4, -0.2) is 8.07 Å². The van der Waals surface area contributed by atoms with Gasteiger partial charge in [-0.2, -0.15) is 0 Å². The fourth-order valence-electron chi connectivity index (χ4n) is 6.15. The lowest BCUT2D eigenvalue weighted by atomic mass is 10.0. The second-order valence-electron chi connectivity index (χ2n) is 10.7. The number of hydrogen-bond acceptors (Lipinski definition) is 1. The summed E-state index contributed by atoms with van der Waals surface area (Å²) in [5.41, 5.74) is 4.60. The molecular formula is C40H31NSi. The average molecular weight is 554 g/mol. The topological polar surface area (TPSA) is 12.0 Å². The van der Waals surface area contributed by atoms with Crippen molar-refractivity contribution < 1.29 is 0 Å². The van der Waals surface area contributed by atoms with Crippen molar-refractivity contribution in [3.63, 3.8) is 0 Å². The summed E-state index contributed by atoms with van der Waals surface area (Å²) in [5.74, 6) is 0. The highest BCUT2D eigenvalue weighted by atomic mass is 28.3. The first-order valence-corrected chi connectivity index (χ1v) is 16.4. The summed E-state index contributed by atoms with van der Waals surface area (Å²) in [6.45, 7) is 0. The number of fused-ring (bicyclic) bond motifs is 1. The molecule has 0 saturated carbocycles. The molecule has 0 aliphatic heterocycles. The number of nitrogens with one attached hydrogen (secondary N) is 1. The standard InChI is InChI=1S/C40H31NSi/c1-4-14-37(15-5-1)42(38-16-6-2-7-17-38,39-18-8-3-9-19-39)40-28-26-36(27-29-40)41-35-24-22-32(23-25-35)34-21-20-31-12-10-11-13-33(31)30-34/h1-30,41H. The third kappa shape index (κ3) is 4.83. The summed E-state index contributed by atoms with van der Waals surface area (Å²) in [6, 6.07) is 66.1. The van der Waals surface area contributed by atoms with Gasteiger partial charge < -0.3 is 5.32 Å². The van der Waals surface area contributed by atoms with Gasteiger partial charge in [-0.05, 0) is 73.0 Å². The fraction of sp³-hybridized carbons (Fsp3) is 0. The van der Waals surface area contributed by atoms with Gasteiger partial charge in [-0.15, -0.1) is 0 Å². The first kappa shape index (κ1) is 25.8. The van der Waals surface area contributed by atoms with Gasteiger partial charge in [0.2, 0.25) is 0 Å². The van der Waals surface area contributed by atoms with E-state index in [0.29, 0.717) is 0 Å². The van der Waals surface area contributed by atoms with Crippen LogP contribution in [0.2, 0.25) is 0 Å². The molecule has 42 heavy (non-hydrogen) atoms. The number of benzene rings is 7. The first-order valence-electron chi connectivity index (χ1n) is 14.4. The second kappa shape index (κ2) is 11.4. The fourth-order valence-corrected chi connectivity index (χ4v) is 10.9. The summed E-state index contributed by atoms with van der Waals surface area (Å²) in [4.78, 5) is 0. The highest BCUT2D eigenvalue weighted by molar-refractivity contribution is 7.19. The Balaban J connectivity index is 1.22. The van der Waals surface area contributed by atoms with Gasteiger partial charge in [0.25, 0.3) is 0 Å². The lowest BCUT2D eigenvalue weighted by Crippen LogP contribution is -2.74. The maximum atomic E-state index is 3.63. The van der Waals surface area contributed by atoms with Gasteiger partial charge in [-0.25, -0.2) is 0 Å². The van der Waals surface area contributed by atoms with E-state index in [2.05, 4.69) is 187 Å². The Labute approximate surface area is 248 Å². The normalized spacial score (nSPS) is 11.3. The zero-order valence-corrected chi connectivity index (χ0v) is 24.3. The largest absolute Gasteiger partial charge is 0.356 e. The summed E-state index contributed by atoms with van der Waals surface area (Å²) in [7, 11) is -2.51. The lowest BCUT2D eigenvalue weighted by Gasteiger charge is -2.34. The van der Waals surface area contributed by atoms with Gasteiger partial charge >= 0.3 is 0 Å². The molecule has 0 bridgehead atoms. The number of anilines is 2. The van der Waals surface area contributed by atoms with Crippen molar-refractivity contribution in [3.05, 3.63) is 182 Å². The van der Waals surface area contributed by atoms with E-state index in [-0.39, 0.29) is 0 Å². The molecule has 1 nitrogen and oxygen atoms in total. The smallest absolute Gasteiger partial charge is 0.179 e. The summed E-state index contributed by atoms with van der Waals surface area (Å²) >= 11 is 0. The van der Waals surface area contributed by atoms with Crippen LogP contribution in [0.25, 0.3) is 21.9 Å². The Morgan fingerprint density at radius 1 is 0.310 bits per heavy atom. The predicted molar refractivity (Wildman–Crippen MR) is 183 cm³/mol. The van der Waals surface area contributed by atoms with Crippen LogP contribution in [0.4, 0.5) is 11.4 Å². The Morgan fingerprint density at radius 3 is 1.24 bits per heavy atom. The van der Waals surface area contributed by atoms with Crippen molar-refractivity contribution in [2.75, 3.05) is 5.32 Å². The molecule has 0 radical (unpaired) electrons. The van der Waals surface area contributed by atoms with Crippen LogP contribution < -0.4 is 26.1 Å². The van der Waals surface area contributed by atoms with E-state index < -0.39 is 8.07 Å². The van der Waals surface area contributed by atoms with Crippen molar-refractivity contribution in [2.24, 2.45) is 0 Å². The zero-order valence-electron chi connectivity index (χ0n) is 23.3. The van der Waals surface area contributed by atoms with Crippen LogP contribution in [0, 0.1) is 0 Å². The van der Waals surface area contributed by atoms with Crippen LogP contribution >= 0.6 is 0 Å². The molecule has 0 amide bonds. The number of rotatable bonds is 7. The van der Waals surface area contributed by atoms with Crippen LogP contribution in [0.1, 0.15) is 0 Å². The maximum absolute atomic E-state index is 3.63. The van der Waals surface area contributed by atoms with Gasteiger partial charge in [0.1, 0.15) is 0 Å². The predicted octanol–water partition coefficient (Wildman–Crippen LogP) is 7.63. The third-order valence-corrected chi connectivity index (χ3v) is 13.0. The van der Waals surface area contributed by atoms with Crippen LogP contribution in [0.5, 0.6) is 0 Å². The monoisotopic (exact) mass is 553 g/mol. The van der Waals surface area contributed by atoms with Crippen LogP contribution in [-0.2, 0) is 0 Å². The lowest BCUT2D eigenvalue weighted by molar-refractivity contribution is 1.55. The first-order chi connectivity index (χ1) is 20.8. The minimum atomic E-state index is -2.51. The molecule has 0 aliphatic carbocycles. The van der Waals surface area contributed by atoms with Crippen molar-refractivity contribution in [1.82, 2.24) is 0 Å². The van der Waals surface area contributed by atoms with Crippen LogP contribution in [0.15, 0.2) is 182 Å². The Morgan fingerprint density at radius 2 is 0.714 bits per heavy atom. The zero-order chi connectivity index (χ0) is 28.2. The maximum Gasteiger partial charge on any atom is 0.179 e. The van der Waals surface area contributed by atoms with Gasteiger partial charge in [0.05, 0.1) is 0 Å². The van der Waals surface area contributed by atoms with Crippen molar-refractivity contribution in [2.45, 2.75) is 0 Å². The summed E-state index contributed by atoms with van der Waals surface area (Å²) < 4.78 is 0. The quantitative estimate of drug-likeness (QED) is 0.158. The van der Waals surface area contributed by atoms with Gasteiger partial charge in [0, 0.05) is 11.4 Å². The van der Waals surface area contributed by atoms with Gasteiger partial charge in [0.15, 0.2) is 8.07 Å². The Kier molecular flexibility index (Phi) is 6.97. The molecule has 7 aromatic rings. The van der Waals surface area contributed by atoms with Crippen molar-refractivity contribution >= 4 is 51.0 Å². The van der Waals surface area contributed by atoms with E-state index in [9.17, 15) is 0 Å². The second-order valence-corrected chi connectivity index (χ2v) is 14.5. The molecule has 0 saturated heterocycles. The SMILES string of the molecule is c1ccc([Si](c2ccccc2)(c2ccccc2)c2ccc(Nc3ccc(-c4ccc5ccccc5c4)cc3)cc2)cc1. The van der Waals surface area contributed by atoms with E-state index >= 15 is 0 Å². The molecule has 0 fully saturated rings. The number of hydrogen-bond donors (Lipinski definition) is 1. The molecule has 0 unspecified atom stereocenters. The Bertz CT molecular complexity index is 1820. The molecule has 7 aromatic carbocycles. The molecule has 7 rings (SSSR count). The minimum Gasteiger partial charge on any atom is -0.356 e. The molecular weight excluding hydrogens is 523 g/mol. The summed E-state index contributed by atoms with van der Waals surface area (Å²) in [6.07, 6.45) is 0. The molecule has 2 heteroatoms. The van der Waals surface area contributed by atoms with E-state index in [1.807, 2.05) is 0 Å². The molecule has 1 N–H and O–H groups in total. The van der Waals surface area contributed by atoms with E-state index in [0.717, 1.165) is 11.4 Å². The molecule has 0 aromatic heterocycles. The molecule has 0 spiro atoms. The molecule has 0 atom stereocenters. The van der Waals surface area contributed by atoms with Crippen molar-refractivity contribution in [3.8, 4) is 11.1 Å². The average Bonchev–Trinajstić information content (AvgIpc) is 3.07. The molecule has 200 valence electrons. The van der Waals surface area contributed by atoms with Crippen molar-refractivity contribution in [1.29, 1.82) is 0 Å². The highest BCUT2D eigenvalue weighted by Crippen LogP contribution is 2.26. The molecule has 0 heterocycles. The van der Waals surface area contributed by atoms with Crippen LogP contribution in [0.3, 0.4) is 0 Å². The third-order valence-electron chi connectivity index (χ3n) is 8.19. The Hall–Kier alpha value is -5.18. The van der Waals surface area contributed by atoms with E-state index in [1.165, 1.54) is 42.6 Å². The van der Waals surface area contributed by atoms with E-state index in [1.54, 1.807) is 0 Å².